The molecule has 1 heterocycles. The van der Waals surface area contributed by atoms with Crippen molar-refractivity contribution in [1.29, 1.82) is 0 Å². The van der Waals surface area contributed by atoms with Gasteiger partial charge in [-0.1, -0.05) is 0 Å². The minimum atomic E-state index is 0.159. The van der Waals surface area contributed by atoms with Gasteiger partial charge in [0.25, 0.3) is 0 Å². The Morgan fingerprint density at radius 3 is 1.78 bits per heavy atom. The van der Waals surface area contributed by atoms with E-state index in [2.05, 4.69) is 0 Å². The molecule has 2 fully saturated rings. The van der Waals surface area contributed by atoms with Crippen molar-refractivity contribution >= 4 is 0 Å². The molecule has 2 N–H and O–H groups in total. The lowest BCUT2D eigenvalue weighted by Crippen LogP contribution is -2.41. The first-order valence-electron chi connectivity index (χ1n) is 3.25. The molecule has 1 aliphatic carbocycles. The minimum Gasteiger partial charge on any atom is -0.396 e. The summed E-state index contributed by atoms with van der Waals surface area (Å²) in [6.07, 6.45) is 0.569. The Balaban J connectivity index is 1.94. The number of fused-ring (bicyclic) bond motifs is 1. The zero-order valence-electron chi connectivity index (χ0n) is 5.03. The molecule has 1 saturated heterocycles. The Morgan fingerprint density at radius 2 is 1.44 bits per heavy atom. The van der Waals surface area contributed by atoms with Crippen molar-refractivity contribution in [2.75, 3.05) is 13.2 Å². The smallest absolute Gasteiger partial charge is 0.0900 e. The van der Waals surface area contributed by atoms with E-state index in [1.54, 1.807) is 0 Å². The van der Waals surface area contributed by atoms with Crippen LogP contribution in [0.2, 0.25) is 0 Å². The van der Waals surface area contributed by atoms with E-state index >= 15 is 0 Å². The summed E-state index contributed by atoms with van der Waals surface area (Å²) in [5.41, 5.74) is 0. The quantitative estimate of drug-likeness (QED) is 0.471. The maximum atomic E-state index is 8.69. The first-order chi connectivity index (χ1) is 4.38. The minimum absolute atomic E-state index is 0.159. The van der Waals surface area contributed by atoms with Crippen molar-refractivity contribution in [3.63, 3.8) is 0 Å². The zero-order valence-corrected chi connectivity index (χ0v) is 5.03. The molecule has 0 aromatic rings. The molecule has 0 aromatic carbocycles. The van der Waals surface area contributed by atoms with Crippen LogP contribution in [0.25, 0.3) is 0 Å². The number of hydrogen-bond donors (Lipinski definition) is 2. The fraction of sp³-hybridized carbons (Fsp3) is 1.00. The van der Waals surface area contributed by atoms with Crippen LogP contribution in [0.3, 0.4) is 0 Å². The fourth-order valence-electron chi connectivity index (χ4n) is 1.65. The average molecular weight is 130 g/mol. The zero-order chi connectivity index (χ0) is 6.43. The highest BCUT2D eigenvalue weighted by molar-refractivity contribution is 5.09. The summed E-state index contributed by atoms with van der Waals surface area (Å²) in [7, 11) is 0. The van der Waals surface area contributed by atoms with Gasteiger partial charge in [0.2, 0.25) is 0 Å². The van der Waals surface area contributed by atoms with Gasteiger partial charge in [0, 0.05) is 25.0 Å². The number of rotatable bonds is 2. The van der Waals surface area contributed by atoms with Gasteiger partial charge < -0.3 is 14.9 Å². The summed E-state index contributed by atoms with van der Waals surface area (Å²) < 4.78 is 5.11. The number of ether oxygens (including phenoxy) is 1. The lowest BCUT2D eigenvalue weighted by molar-refractivity contribution is 0.0791. The van der Waals surface area contributed by atoms with E-state index in [9.17, 15) is 0 Å². The van der Waals surface area contributed by atoms with Crippen LogP contribution in [-0.4, -0.2) is 35.6 Å². The van der Waals surface area contributed by atoms with Gasteiger partial charge in [-0.2, -0.15) is 0 Å². The molecule has 3 nitrogen and oxygen atoms in total. The van der Waals surface area contributed by atoms with Gasteiger partial charge in [-0.3, -0.25) is 0 Å². The van der Waals surface area contributed by atoms with Crippen molar-refractivity contribution in [2.24, 2.45) is 11.8 Å². The van der Waals surface area contributed by atoms with Crippen LogP contribution in [0.4, 0.5) is 0 Å². The number of hydrogen-bond acceptors (Lipinski definition) is 3. The van der Waals surface area contributed by atoms with E-state index in [1.807, 2.05) is 0 Å². The number of epoxide rings is 1. The molecule has 9 heavy (non-hydrogen) atoms. The van der Waals surface area contributed by atoms with E-state index in [0.717, 1.165) is 0 Å². The predicted octanol–water partition coefficient (Wildman–Crippen LogP) is -1.02. The Morgan fingerprint density at radius 1 is 1.00 bits per heavy atom. The SMILES string of the molecule is OCC1C(CO)C2OC12. The van der Waals surface area contributed by atoms with Crippen LogP contribution in [0.5, 0.6) is 0 Å². The lowest BCUT2D eigenvalue weighted by Gasteiger charge is -2.27. The van der Waals surface area contributed by atoms with Crippen molar-refractivity contribution in [3.05, 3.63) is 0 Å². The van der Waals surface area contributed by atoms with E-state index in [1.165, 1.54) is 0 Å². The van der Waals surface area contributed by atoms with Crippen LogP contribution in [0, 0.1) is 11.8 Å². The third kappa shape index (κ3) is 0.569. The third-order valence-electron chi connectivity index (χ3n) is 2.38. The molecular formula is C6H10O3. The summed E-state index contributed by atoms with van der Waals surface area (Å²) in [6, 6.07) is 0. The normalized spacial score (nSPS) is 54.0. The second-order valence-electron chi connectivity index (χ2n) is 2.76. The molecule has 0 bridgehead atoms. The molecular weight excluding hydrogens is 120 g/mol. The van der Waals surface area contributed by atoms with Crippen molar-refractivity contribution in [2.45, 2.75) is 12.2 Å². The number of aliphatic hydroxyl groups excluding tert-OH is 2. The molecule has 1 saturated carbocycles. The van der Waals surface area contributed by atoms with Crippen LogP contribution in [0.15, 0.2) is 0 Å². The van der Waals surface area contributed by atoms with Crippen molar-refractivity contribution in [1.82, 2.24) is 0 Å². The van der Waals surface area contributed by atoms with E-state index in [4.69, 9.17) is 14.9 Å². The summed E-state index contributed by atoms with van der Waals surface area (Å²) in [6.45, 7) is 0.318. The molecule has 0 spiro atoms. The Labute approximate surface area is 53.3 Å². The van der Waals surface area contributed by atoms with Gasteiger partial charge in [-0.25, -0.2) is 0 Å². The van der Waals surface area contributed by atoms with Gasteiger partial charge in [0.05, 0.1) is 12.2 Å². The van der Waals surface area contributed by atoms with Gasteiger partial charge in [0.15, 0.2) is 0 Å². The molecule has 4 unspecified atom stereocenters. The van der Waals surface area contributed by atoms with Crippen LogP contribution in [-0.2, 0) is 4.74 Å². The molecule has 0 amide bonds. The summed E-state index contributed by atoms with van der Waals surface area (Å²) in [5, 5.41) is 17.4. The third-order valence-corrected chi connectivity index (χ3v) is 2.38. The van der Waals surface area contributed by atoms with Gasteiger partial charge in [-0.05, 0) is 0 Å². The molecule has 52 valence electrons. The maximum Gasteiger partial charge on any atom is 0.0900 e. The Hall–Kier alpha value is -0.120. The molecule has 2 aliphatic rings. The van der Waals surface area contributed by atoms with E-state index in [0.29, 0.717) is 0 Å². The first kappa shape index (κ1) is 5.65. The molecule has 2 rings (SSSR count). The second-order valence-corrected chi connectivity index (χ2v) is 2.76. The second kappa shape index (κ2) is 1.68. The lowest BCUT2D eigenvalue weighted by atomic mass is 9.75. The summed E-state index contributed by atoms with van der Waals surface area (Å²) in [5.74, 6) is 0.444. The van der Waals surface area contributed by atoms with E-state index < -0.39 is 0 Å². The highest BCUT2D eigenvalue weighted by atomic mass is 16.6. The Kier molecular flexibility index (Phi) is 1.06. The molecule has 1 aliphatic heterocycles. The largest absolute Gasteiger partial charge is 0.396 e. The monoisotopic (exact) mass is 130 g/mol. The van der Waals surface area contributed by atoms with Gasteiger partial charge >= 0.3 is 0 Å². The van der Waals surface area contributed by atoms with Crippen LogP contribution < -0.4 is 0 Å². The Bertz CT molecular complexity index is 111. The van der Waals surface area contributed by atoms with E-state index in [-0.39, 0.29) is 37.3 Å². The van der Waals surface area contributed by atoms with Gasteiger partial charge in [-0.15, -0.1) is 0 Å². The fourth-order valence-corrected chi connectivity index (χ4v) is 1.65. The number of aliphatic hydroxyl groups is 2. The van der Waals surface area contributed by atoms with Crippen LogP contribution in [0.1, 0.15) is 0 Å². The summed E-state index contributed by atoms with van der Waals surface area (Å²) in [4.78, 5) is 0. The highest BCUT2D eigenvalue weighted by Gasteiger charge is 2.63. The molecule has 3 heteroatoms. The molecule has 0 aromatic heterocycles. The highest BCUT2D eigenvalue weighted by Crippen LogP contribution is 2.51. The standard InChI is InChI=1S/C6H10O3/c7-1-3-4(2-8)6-5(3)9-6/h3-8H,1-2H2. The van der Waals surface area contributed by atoms with Crippen molar-refractivity contribution in [3.8, 4) is 0 Å². The van der Waals surface area contributed by atoms with Crippen LogP contribution >= 0.6 is 0 Å². The topological polar surface area (TPSA) is 53.0 Å². The van der Waals surface area contributed by atoms with Gasteiger partial charge in [0.1, 0.15) is 0 Å². The summed E-state index contributed by atoms with van der Waals surface area (Å²) >= 11 is 0. The van der Waals surface area contributed by atoms with Crippen molar-refractivity contribution < 1.29 is 14.9 Å². The predicted molar refractivity (Wildman–Crippen MR) is 29.8 cm³/mol. The molecule has 0 radical (unpaired) electrons. The maximum absolute atomic E-state index is 8.69. The molecule has 4 atom stereocenters. The average Bonchev–Trinajstić information content (AvgIpc) is 2.47. The first-order valence-corrected chi connectivity index (χ1v) is 3.25.